The van der Waals surface area contributed by atoms with E-state index in [1.165, 1.54) is 0 Å². The molecule has 6 nitrogen and oxygen atoms in total. The Hall–Kier alpha value is -1.94. The van der Waals surface area contributed by atoms with Crippen LogP contribution in [0.5, 0.6) is 0 Å². The molecule has 0 aromatic carbocycles. The fourth-order valence-corrected chi connectivity index (χ4v) is 1.35. The number of nitrogens with zero attached hydrogens (tertiary/aromatic N) is 2. The number of carbonyl (C=O) groups excluding carboxylic acids is 1. The lowest BCUT2D eigenvalue weighted by Gasteiger charge is -2.01. The Balaban J connectivity index is 2.88. The van der Waals surface area contributed by atoms with Crippen LogP contribution in [0.15, 0.2) is 17.6 Å². The van der Waals surface area contributed by atoms with Crippen molar-refractivity contribution >= 4 is 15.7 Å². The van der Waals surface area contributed by atoms with E-state index in [4.69, 9.17) is 6.42 Å². The molecule has 0 unspecified atom stereocenters. The minimum absolute atomic E-state index is 0.0899. The monoisotopic (exact) mass is 239 g/mol. The Bertz CT molecular complexity index is 528. The molecule has 0 aliphatic heterocycles. The number of rotatable bonds is 3. The van der Waals surface area contributed by atoms with Crippen LogP contribution in [-0.2, 0) is 9.84 Å². The van der Waals surface area contributed by atoms with Crippen LogP contribution in [0.4, 0.5) is 0 Å². The summed E-state index contributed by atoms with van der Waals surface area (Å²) in [5.74, 6) is 1.79. The molecule has 0 fully saturated rings. The van der Waals surface area contributed by atoms with Crippen molar-refractivity contribution in [2.75, 3.05) is 12.8 Å². The summed E-state index contributed by atoms with van der Waals surface area (Å²) < 4.78 is 22.1. The van der Waals surface area contributed by atoms with E-state index in [0.717, 1.165) is 18.6 Å². The molecule has 0 atom stereocenters. The maximum Gasteiger partial charge on any atom is 0.255 e. The lowest BCUT2D eigenvalue weighted by Crippen LogP contribution is -2.24. The third kappa shape index (κ3) is 3.03. The lowest BCUT2D eigenvalue weighted by molar-refractivity contribution is 0.0957. The largest absolute Gasteiger partial charge is 0.341 e. The molecule has 0 saturated carbocycles. The molecule has 16 heavy (non-hydrogen) atoms. The summed E-state index contributed by atoms with van der Waals surface area (Å²) in [7, 11) is -3.45. The Kier molecular flexibility index (Phi) is 3.58. The number of terminal acetylenes is 1. The van der Waals surface area contributed by atoms with Gasteiger partial charge >= 0.3 is 0 Å². The second-order valence-electron chi connectivity index (χ2n) is 2.91. The number of nitrogens with one attached hydrogen (secondary N) is 1. The minimum atomic E-state index is -3.45. The van der Waals surface area contributed by atoms with Crippen LogP contribution in [0.25, 0.3) is 0 Å². The van der Waals surface area contributed by atoms with Gasteiger partial charge in [-0.25, -0.2) is 18.4 Å². The van der Waals surface area contributed by atoms with Gasteiger partial charge in [0.1, 0.15) is 0 Å². The standard InChI is InChI=1S/C9H9N3O3S/c1-3-4-10-8(13)7-5-11-9(12-6-7)16(2,14)15/h1,5-6H,4H2,2H3,(H,10,13). The van der Waals surface area contributed by atoms with Gasteiger partial charge < -0.3 is 5.32 Å². The van der Waals surface area contributed by atoms with Gasteiger partial charge in [-0.3, -0.25) is 4.79 Å². The molecule has 0 spiro atoms. The van der Waals surface area contributed by atoms with E-state index in [0.29, 0.717) is 0 Å². The fraction of sp³-hybridized carbons (Fsp3) is 0.222. The zero-order valence-corrected chi connectivity index (χ0v) is 9.28. The highest BCUT2D eigenvalue weighted by Gasteiger charge is 2.12. The van der Waals surface area contributed by atoms with E-state index < -0.39 is 15.7 Å². The zero-order valence-electron chi connectivity index (χ0n) is 8.47. The van der Waals surface area contributed by atoms with Gasteiger partial charge in [0.05, 0.1) is 12.1 Å². The highest BCUT2D eigenvalue weighted by atomic mass is 32.2. The van der Waals surface area contributed by atoms with E-state index >= 15 is 0 Å². The van der Waals surface area contributed by atoms with Crippen molar-refractivity contribution in [1.82, 2.24) is 15.3 Å². The van der Waals surface area contributed by atoms with Gasteiger partial charge in [-0.1, -0.05) is 5.92 Å². The van der Waals surface area contributed by atoms with Crippen LogP contribution in [0.2, 0.25) is 0 Å². The van der Waals surface area contributed by atoms with Crippen molar-refractivity contribution in [2.45, 2.75) is 5.16 Å². The lowest BCUT2D eigenvalue weighted by atomic mass is 10.3. The summed E-state index contributed by atoms with van der Waals surface area (Å²) in [4.78, 5) is 18.5. The molecule has 0 saturated heterocycles. The number of amides is 1. The predicted molar refractivity (Wildman–Crippen MR) is 56.3 cm³/mol. The van der Waals surface area contributed by atoms with Gasteiger partial charge in [0.2, 0.25) is 15.0 Å². The van der Waals surface area contributed by atoms with Crippen molar-refractivity contribution in [1.29, 1.82) is 0 Å². The van der Waals surface area contributed by atoms with Gasteiger partial charge in [-0.2, -0.15) is 0 Å². The quantitative estimate of drug-likeness (QED) is 0.553. The number of carbonyl (C=O) groups is 1. The molecule has 1 amide bonds. The second kappa shape index (κ2) is 4.72. The van der Waals surface area contributed by atoms with E-state index in [2.05, 4.69) is 21.2 Å². The maximum atomic E-state index is 11.3. The third-order valence-corrected chi connectivity index (χ3v) is 2.45. The van der Waals surface area contributed by atoms with E-state index in [-0.39, 0.29) is 17.3 Å². The van der Waals surface area contributed by atoms with Crippen LogP contribution in [0.3, 0.4) is 0 Å². The first kappa shape index (κ1) is 12.1. The first-order valence-corrected chi connectivity index (χ1v) is 6.08. The van der Waals surface area contributed by atoms with E-state index in [1.54, 1.807) is 0 Å². The summed E-state index contributed by atoms with van der Waals surface area (Å²) in [6.45, 7) is 0.0899. The zero-order chi connectivity index (χ0) is 12.2. The second-order valence-corrected chi connectivity index (χ2v) is 4.82. The van der Waals surface area contributed by atoms with Crippen LogP contribution in [-0.4, -0.2) is 37.1 Å². The number of hydrogen-bond donors (Lipinski definition) is 1. The molecule has 0 aliphatic carbocycles. The Labute approximate surface area is 93.0 Å². The van der Waals surface area contributed by atoms with E-state index in [9.17, 15) is 13.2 Å². The molecular formula is C9H9N3O3S. The first-order chi connectivity index (χ1) is 7.45. The van der Waals surface area contributed by atoms with Crippen molar-refractivity contribution in [3.8, 4) is 12.3 Å². The van der Waals surface area contributed by atoms with Crippen LogP contribution >= 0.6 is 0 Å². The SMILES string of the molecule is C#CCNC(=O)c1cnc(S(C)(=O)=O)nc1. The maximum absolute atomic E-state index is 11.3. The molecule has 1 N–H and O–H groups in total. The normalized spacial score (nSPS) is 10.5. The van der Waals surface area contributed by atoms with Crippen LogP contribution in [0, 0.1) is 12.3 Å². The molecule has 0 bridgehead atoms. The molecule has 1 heterocycles. The van der Waals surface area contributed by atoms with Gasteiger partial charge in [0, 0.05) is 18.6 Å². The van der Waals surface area contributed by atoms with E-state index in [1.807, 2.05) is 0 Å². The summed E-state index contributed by atoms with van der Waals surface area (Å²) in [5, 5.41) is 2.08. The number of sulfone groups is 1. The first-order valence-electron chi connectivity index (χ1n) is 4.19. The van der Waals surface area contributed by atoms with Crippen molar-refractivity contribution in [2.24, 2.45) is 0 Å². The highest BCUT2D eigenvalue weighted by molar-refractivity contribution is 7.90. The summed E-state index contributed by atoms with van der Waals surface area (Å²) in [5.41, 5.74) is 0.155. The van der Waals surface area contributed by atoms with Crippen LogP contribution in [0.1, 0.15) is 10.4 Å². The van der Waals surface area contributed by atoms with Crippen molar-refractivity contribution < 1.29 is 13.2 Å². The van der Waals surface area contributed by atoms with Gasteiger partial charge in [0.15, 0.2) is 0 Å². The predicted octanol–water partition coefficient (Wildman–Crippen LogP) is -0.757. The molecule has 1 aromatic rings. The van der Waals surface area contributed by atoms with Crippen molar-refractivity contribution in [3.63, 3.8) is 0 Å². The Morgan fingerprint density at radius 2 is 2.06 bits per heavy atom. The average Bonchev–Trinajstić information content (AvgIpc) is 2.25. The number of aromatic nitrogens is 2. The summed E-state index contributed by atoms with van der Waals surface area (Å²) in [6.07, 6.45) is 8.22. The van der Waals surface area contributed by atoms with Crippen LogP contribution < -0.4 is 5.32 Å². The molecule has 7 heteroatoms. The fourth-order valence-electron chi connectivity index (χ4n) is 0.858. The number of hydrogen-bond acceptors (Lipinski definition) is 5. The smallest absolute Gasteiger partial charge is 0.255 e. The van der Waals surface area contributed by atoms with Gasteiger partial charge in [-0.05, 0) is 0 Å². The Morgan fingerprint density at radius 1 is 1.50 bits per heavy atom. The molecular weight excluding hydrogens is 230 g/mol. The molecule has 0 aliphatic rings. The Morgan fingerprint density at radius 3 is 2.50 bits per heavy atom. The topological polar surface area (TPSA) is 89.0 Å². The minimum Gasteiger partial charge on any atom is -0.341 e. The highest BCUT2D eigenvalue weighted by Crippen LogP contribution is 2.01. The summed E-state index contributed by atoms with van der Waals surface area (Å²) in [6, 6.07) is 0. The molecule has 84 valence electrons. The molecule has 1 rings (SSSR count). The molecule has 0 radical (unpaired) electrons. The average molecular weight is 239 g/mol. The van der Waals surface area contributed by atoms with Gasteiger partial charge in [-0.15, -0.1) is 6.42 Å². The summed E-state index contributed by atoms with van der Waals surface area (Å²) >= 11 is 0. The van der Waals surface area contributed by atoms with Crippen molar-refractivity contribution in [3.05, 3.63) is 18.0 Å². The molecule has 1 aromatic heterocycles. The third-order valence-electron chi connectivity index (χ3n) is 1.57. The van der Waals surface area contributed by atoms with Gasteiger partial charge in [0.25, 0.3) is 5.91 Å².